The van der Waals surface area contributed by atoms with Gasteiger partial charge >= 0.3 is 0 Å². The number of carbonyl (C=O) groups excluding carboxylic acids is 1. The first-order chi connectivity index (χ1) is 11.1. The van der Waals surface area contributed by atoms with Gasteiger partial charge in [0.2, 0.25) is 17.6 Å². The summed E-state index contributed by atoms with van der Waals surface area (Å²) in [6, 6.07) is 5.86. The number of carbonyl (C=O) groups is 1. The molecule has 0 bridgehead atoms. The molecule has 0 aliphatic carbocycles. The second-order valence-corrected chi connectivity index (χ2v) is 5.30. The minimum absolute atomic E-state index is 0.0130. The SMILES string of the molecule is COC[C@@H](C)NC(=O)CCCc1nc(-c2ccc(F)cc2)no1. The van der Waals surface area contributed by atoms with E-state index in [2.05, 4.69) is 15.5 Å². The number of halogens is 1. The van der Waals surface area contributed by atoms with Gasteiger partial charge in [-0.2, -0.15) is 4.98 Å². The molecule has 0 spiro atoms. The largest absolute Gasteiger partial charge is 0.383 e. The zero-order valence-electron chi connectivity index (χ0n) is 13.2. The number of rotatable bonds is 8. The quantitative estimate of drug-likeness (QED) is 0.807. The zero-order valence-corrected chi connectivity index (χ0v) is 13.2. The van der Waals surface area contributed by atoms with Crippen molar-refractivity contribution in [3.8, 4) is 11.4 Å². The smallest absolute Gasteiger partial charge is 0.226 e. The highest BCUT2D eigenvalue weighted by atomic mass is 19.1. The van der Waals surface area contributed by atoms with E-state index in [0.29, 0.717) is 43.1 Å². The maximum atomic E-state index is 12.9. The predicted molar refractivity (Wildman–Crippen MR) is 82.1 cm³/mol. The molecule has 1 aromatic heterocycles. The average molecular weight is 321 g/mol. The summed E-state index contributed by atoms with van der Waals surface area (Å²) in [5.41, 5.74) is 0.688. The van der Waals surface area contributed by atoms with Gasteiger partial charge in [0, 0.05) is 31.6 Å². The van der Waals surface area contributed by atoms with Gasteiger partial charge in [-0.05, 0) is 37.6 Å². The Hall–Kier alpha value is -2.28. The highest BCUT2D eigenvalue weighted by molar-refractivity contribution is 5.76. The Morgan fingerprint density at radius 2 is 2.13 bits per heavy atom. The van der Waals surface area contributed by atoms with Crippen molar-refractivity contribution in [2.75, 3.05) is 13.7 Å². The first kappa shape index (κ1) is 17.1. The Morgan fingerprint density at radius 1 is 1.39 bits per heavy atom. The van der Waals surface area contributed by atoms with Crippen LogP contribution in [0.4, 0.5) is 4.39 Å². The molecule has 6 nitrogen and oxygen atoms in total. The first-order valence-electron chi connectivity index (χ1n) is 7.45. The lowest BCUT2D eigenvalue weighted by Crippen LogP contribution is -2.35. The van der Waals surface area contributed by atoms with E-state index in [1.165, 1.54) is 12.1 Å². The van der Waals surface area contributed by atoms with Gasteiger partial charge in [-0.15, -0.1) is 0 Å². The Bertz CT molecular complexity index is 628. The second-order valence-electron chi connectivity index (χ2n) is 5.30. The lowest BCUT2D eigenvalue weighted by molar-refractivity contribution is -0.122. The molecule has 0 aliphatic rings. The number of hydrogen-bond acceptors (Lipinski definition) is 5. The van der Waals surface area contributed by atoms with Crippen LogP contribution in [-0.4, -0.2) is 35.8 Å². The molecule has 23 heavy (non-hydrogen) atoms. The number of nitrogens with zero attached hydrogens (tertiary/aromatic N) is 2. The van der Waals surface area contributed by atoms with Gasteiger partial charge in [0.1, 0.15) is 5.82 Å². The number of benzene rings is 1. The molecule has 1 N–H and O–H groups in total. The van der Waals surface area contributed by atoms with Crippen LogP contribution >= 0.6 is 0 Å². The minimum Gasteiger partial charge on any atom is -0.383 e. The summed E-state index contributed by atoms with van der Waals surface area (Å²) in [6.45, 7) is 2.37. The lowest BCUT2D eigenvalue weighted by Gasteiger charge is -2.12. The second kappa shape index (κ2) is 8.38. The number of nitrogens with one attached hydrogen (secondary N) is 1. The van der Waals surface area contributed by atoms with Gasteiger partial charge in [-0.25, -0.2) is 4.39 Å². The van der Waals surface area contributed by atoms with Crippen LogP contribution in [-0.2, 0) is 16.0 Å². The van der Waals surface area contributed by atoms with Crippen LogP contribution in [0, 0.1) is 5.82 Å². The normalized spacial score (nSPS) is 12.1. The summed E-state index contributed by atoms with van der Waals surface area (Å²) in [7, 11) is 1.59. The van der Waals surface area contributed by atoms with Crippen molar-refractivity contribution in [1.29, 1.82) is 0 Å². The third-order valence-corrected chi connectivity index (χ3v) is 3.19. The summed E-state index contributed by atoms with van der Waals surface area (Å²) >= 11 is 0. The van der Waals surface area contributed by atoms with Crippen molar-refractivity contribution < 1.29 is 18.4 Å². The number of aryl methyl sites for hydroxylation is 1. The molecule has 0 saturated carbocycles. The summed E-state index contributed by atoms with van der Waals surface area (Å²) in [6.07, 6.45) is 1.50. The molecule has 0 aliphatic heterocycles. The van der Waals surface area contributed by atoms with Crippen molar-refractivity contribution in [1.82, 2.24) is 15.5 Å². The standard InChI is InChI=1S/C16H20FN3O3/c1-11(10-22-2)18-14(21)4-3-5-15-19-16(20-23-15)12-6-8-13(17)9-7-12/h6-9,11H,3-5,10H2,1-2H3,(H,18,21)/t11-/m1/s1. The van der Waals surface area contributed by atoms with Gasteiger partial charge in [-0.3, -0.25) is 4.79 Å². The Balaban J connectivity index is 1.79. The summed E-state index contributed by atoms with van der Waals surface area (Å²) in [5.74, 6) is 0.527. The molecule has 124 valence electrons. The monoisotopic (exact) mass is 321 g/mol. The summed E-state index contributed by atoms with van der Waals surface area (Å²) in [5, 5.41) is 6.70. The van der Waals surface area contributed by atoms with Crippen LogP contribution < -0.4 is 5.32 Å². The summed E-state index contributed by atoms with van der Waals surface area (Å²) in [4.78, 5) is 16.0. The van der Waals surface area contributed by atoms with E-state index in [0.717, 1.165) is 0 Å². The molecule has 0 unspecified atom stereocenters. The van der Waals surface area contributed by atoms with Crippen molar-refractivity contribution in [2.24, 2.45) is 0 Å². The molecule has 1 aromatic carbocycles. The fraction of sp³-hybridized carbons (Fsp3) is 0.438. The van der Waals surface area contributed by atoms with Crippen LogP contribution in [0.1, 0.15) is 25.7 Å². The van der Waals surface area contributed by atoms with Crippen LogP contribution in [0.2, 0.25) is 0 Å². The number of amides is 1. The van der Waals surface area contributed by atoms with E-state index in [1.54, 1.807) is 19.2 Å². The summed E-state index contributed by atoms with van der Waals surface area (Å²) < 4.78 is 23.0. The maximum Gasteiger partial charge on any atom is 0.226 e. The third kappa shape index (κ3) is 5.45. The van der Waals surface area contributed by atoms with Gasteiger partial charge in [0.15, 0.2) is 0 Å². The van der Waals surface area contributed by atoms with Gasteiger partial charge < -0.3 is 14.6 Å². The topological polar surface area (TPSA) is 77.2 Å². The molecule has 2 rings (SSSR count). The fourth-order valence-corrected chi connectivity index (χ4v) is 2.11. The van der Waals surface area contributed by atoms with E-state index < -0.39 is 0 Å². The van der Waals surface area contributed by atoms with Crippen molar-refractivity contribution in [2.45, 2.75) is 32.2 Å². The molecule has 0 saturated heterocycles. The molecule has 0 radical (unpaired) electrons. The van der Waals surface area contributed by atoms with Crippen LogP contribution in [0.5, 0.6) is 0 Å². The molecule has 1 amide bonds. The van der Waals surface area contributed by atoms with Gasteiger partial charge in [0.25, 0.3) is 0 Å². The van der Waals surface area contributed by atoms with Crippen molar-refractivity contribution >= 4 is 5.91 Å². The van der Waals surface area contributed by atoms with Crippen molar-refractivity contribution in [3.05, 3.63) is 36.0 Å². The Labute approximate surface area is 134 Å². The van der Waals surface area contributed by atoms with Gasteiger partial charge in [0.05, 0.1) is 6.61 Å². The van der Waals surface area contributed by atoms with E-state index in [9.17, 15) is 9.18 Å². The third-order valence-electron chi connectivity index (χ3n) is 3.19. The molecule has 7 heteroatoms. The fourth-order valence-electron chi connectivity index (χ4n) is 2.11. The Morgan fingerprint density at radius 3 is 2.83 bits per heavy atom. The highest BCUT2D eigenvalue weighted by Crippen LogP contribution is 2.16. The molecule has 1 heterocycles. The van der Waals surface area contributed by atoms with E-state index in [1.807, 2.05) is 6.92 Å². The van der Waals surface area contributed by atoms with Crippen LogP contribution in [0.15, 0.2) is 28.8 Å². The maximum absolute atomic E-state index is 12.9. The highest BCUT2D eigenvalue weighted by Gasteiger charge is 2.11. The van der Waals surface area contributed by atoms with Crippen LogP contribution in [0.3, 0.4) is 0 Å². The van der Waals surface area contributed by atoms with E-state index >= 15 is 0 Å². The number of ether oxygens (including phenoxy) is 1. The van der Waals surface area contributed by atoms with E-state index in [-0.39, 0.29) is 17.8 Å². The molecule has 1 atom stereocenters. The molecular formula is C16H20FN3O3. The van der Waals surface area contributed by atoms with Crippen molar-refractivity contribution in [3.63, 3.8) is 0 Å². The molecule has 2 aromatic rings. The first-order valence-corrected chi connectivity index (χ1v) is 7.45. The lowest BCUT2D eigenvalue weighted by atomic mass is 10.2. The van der Waals surface area contributed by atoms with E-state index in [4.69, 9.17) is 9.26 Å². The van der Waals surface area contributed by atoms with Crippen LogP contribution in [0.25, 0.3) is 11.4 Å². The zero-order chi connectivity index (χ0) is 16.7. The number of aromatic nitrogens is 2. The average Bonchev–Trinajstić information content (AvgIpc) is 2.97. The van der Waals surface area contributed by atoms with Gasteiger partial charge in [-0.1, -0.05) is 5.16 Å². The number of methoxy groups -OCH3 is 1. The molecular weight excluding hydrogens is 301 g/mol. The Kier molecular flexibility index (Phi) is 6.22. The minimum atomic E-state index is -0.314. The number of hydrogen-bond donors (Lipinski definition) is 1. The molecule has 0 fully saturated rings. The predicted octanol–water partition coefficient (Wildman–Crippen LogP) is 2.35.